The number of amides is 1. The highest BCUT2D eigenvalue weighted by molar-refractivity contribution is 7.99. The minimum atomic E-state index is -0.103. The van der Waals surface area contributed by atoms with Crippen LogP contribution in [0, 0.1) is 0 Å². The van der Waals surface area contributed by atoms with Gasteiger partial charge in [0, 0.05) is 27.0 Å². The van der Waals surface area contributed by atoms with Gasteiger partial charge in [0.05, 0.1) is 10.2 Å². The van der Waals surface area contributed by atoms with Gasteiger partial charge in [0.25, 0.3) is 5.91 Å². The molecule has 140 valence electrons. The Kier molecular flexibility index (Phi) is 5.46. The Morgan fingerprint density at radius 2 is 1.68 bits per heavy atom. The maximum Gasteiger partial charge on any atom is 0.255 e. The van der Waals surface area contributed by atoms with Crippen LogP contribution in [0.4, 0.5) is 5.69 Å². The lowest BCUT2D eigenvalue weighted by atomic mass is 10.2. The van der Waals surface area contributed by atoms with Crippen LogP contribution in [0.25, 0.3) is 20.8 Å². The van der Waals surface area contributed by atoms with Crippen molar-refractivity contribution in [3.8, 4) is 10.6 Å². The van der Waals surface area contributed by atoms with Crippen molar-refractivity contribution >= 4 is 44.9 Å². The number of hydrogen-bond donors (Lipinski definition) is 1. The quantitative estimate of drug-likeness (QED) is 0.376. The van der Waals surface area contributed by atoms with Gasteiger partial charge in [-0.15, -0.1) is 23.1 Å². The van der Waals surface area contributed by atoms with Crippen LogP contribution in [-0.4, -0.2) is 16.1 Å². The number of carbonyl (C=O) groups is 1. The van der Waals surface area contributed by atoms with E-state index in [-0.39, 0.29) is 5.91 Å². The van der Waals surface area contributed by atoms with Gasteiger partial charge in [0.2, 0.25) is 0 Å². The van der Waals surface area contributed by atoms with Gasteiger partial charge >= 0.3 is 0 Å². The molecule has 1 N–H and O–H groups in total. The summed E-state index contributed by atoms with van der Waals surface area (Å²) >= 11 is 3.46. The Hall–Kier alpha value is -2.63. The van der Waals surface area contributed by atoms with E-state index < -0.39 is 0 Å². The molecule has 0 saturated carbocycles. The highest BCUT2D eigenvalue weighted by Gasteiger charge is 2.09. The van der Waals surface area contributed by atoms with Gasteiger partial charge in [-0.25, -0.2) is 4.98 Å². The van der Waals surface area contributed by atoms with Gasteiger partial charge in [-0.1, -0.05) is 26.0 Å². The molecule has 0 aliphatic carbocycles. The SMILES string of the molecule is CC(C)Sc1ccc(C(=O)Nc2ccc(-c3nc4ccccc4s3)cc2)cc1. The molecule has 3 aromatic carbocycles. The first-order chi connectivity index (χ1) is 13.6. The smallest absolute Gasteiger partial charge is 0.255 e. The lowest BCUT2D eigenvalue weighted by Gasteiger charge is -2.08. The number of anilines is 1. The maximum absolute atomic E-state index is 12.5. The predicted molar refractivity (Wildman–Crippen MR) is 120 cm³/mol. The van der Waals surface area contributed by atoms with E-state index in [9.17, 15) is 4.79 Å². The first-order valence-electron chi connectivity index (χ1n) is 9.12. The van der Waals surface area contributed by atoms with Crippen LogP contribution in [0.1, 0.15) is 24.2 Å². The Bertz CT molecular complexity index is 1070. The molecule has 4 rings (SSSR count). The third kappa shape index (κ3) is 4.26. The fourth-order valence-electron chi connectivity index (χ4n) is 2.85. The molecular weight excluding hydrogens is 384 g/mol. The number of nitrogens with one attached hydrogen (secondary N) is 1. The number of thioether (sulfide) groups is 1. The zero-order chi connectivity index (χ0) is 19.5. The van der Waals surface area contributed by atoms with Crippen LogP contribution in [0.2, 0.25) is 0 Å². The van der Waals surface area contributed by atoms with Crippen LogP contribution in [-0.2, 0) is 0 Å². The highest BCUT2D eigenvalue weighted by Crippen LogP contribution is 2.30. The molecule has 1 aromatic heterocycles. The van der Waals surface area contributed by atoms with Crippen molar-refractivity contribution in [2.45, 2.75) is 24.0 Å². The van der Waals surface area contributed by atoms with Crippen molar-refractivity contribution in [3.63, 3.8) is 0 Å². The van der Waals surface area contributed by atoms with Crippen LogP contribution < -0.4 is 5.32 Å². The van der Waals surface area contributed by atoms with E-state index >= 15 is 0 Å². The molecule has 0 unspecified atom stereocenters. The molecule has 0 spiro atoms. The standard InChI is InChI=1S/C23H20N2OS2/c1-15(2)27-19-13-9-16(10-14-19)22(26)24-18-11-7-17(8-12-18)23-25-20-5-3-4-6-21(20)28-23/h3-15H,1-2H3,(H,24,26). The first-order valence-corrected chi connectivity index (χ1v) is 10.8. The van der Waals surface area contributed by atoms with Gasteiger partial charge in [-0.2, -0.15) is 0 Å². The normalized spacial score (nSPS) is 11.1. The summed E-state index contributed by atoms with van der Waals surface area (Å²) in [5.74, 6) is -0.103. The van der Waals surface area contributed by atoms with Crippen molar-refractivity contribution in [2.75, 3.05) is 5.32 Å². The third-order valence-electron chi connectivity index (χ3n) is 4.17. The summed E-state index contributed by atoms with van der Waals surface area (Å²) in [7, 11) is 0. The minimum Gasteiger partial charge on any atom is -0.322 e. The summed E-state index contributed by atoms with van der Waals surface area (Å²) in [5, 5.41) is 4.47. The molecule has 0 saturated heterocycles. The summed E-state index contributed by atoms with van der Waals surface area (Å²) in [6, 6.07) is 23.7. The summed E-state index contributed by atoms with van der Waals surface area (Å²) < 4.78 is 1.17. The molecule has 3 nitrogen and oxygen atoms in total. The summed E-state index contributed by atoms with van der Waals surface area (Å²) in [5.41, 5.74) is 3.49. The fraction of sp³-hybridized carbons (Fsp3) is 0.130. The third-order valence-corrected chi connectivity index (χ3v) is 6.27. The molecule has 28 heavy (non-hydrogen) atoms. The number of benzene rings is 3. The van der Waals surface area contributed by atoms with E-state index in [1.807, 2.05) is 66.7 Å². The molecule has 0 aliphatic rings. The monoisotopic (exact) mass is 404 g/mol. The topological polar surface area (TPSA) is 42.0 Å². The van der Waals surface area contributed by atoms with E-state index in [1.54, 1.807) is 23.1 Å². The van der Waals surface area contributed by atoms with Crippen molar-refractivity contribution in [1.29, 1.82) is 0 Å². The van der Waals surface area contributed by atoms with Gasteiger partial charge in [-0.3, -0.25) is 4.79 Å². The summed E-state index contributed by atoms with van der Waals surface area (Å²) in [4.78, 5) is 18.3. The van der Waals surface area contributed by atoms with E-state index in [1.165, 1.54) is 9.60 Å². The summed E-state index contributed by atoms with van der Waals surface area (Å²) in [6.45, 7) is 4.31. The van der Waals surface area contributed by atoms with Gasteiger partial charge in [-0.05, 0) is 60.7 Å². The minimum absolute atomic E-state index is 0.103. The number of thiazole rings is 1. The van der Waals surface area contributed by atoms with Crippen molar-refractivity contribution in [1.82, 2.24) is 4.98 Å². The van der Waals surface area contributed by atoms with Crippen molar-refractivity contribution < 1.29 is 4.79 Å². The Balaban J connectivity index is 1.46. The lowest BCUT2D eigenvalue weighted by Crippen LogP contribution is -2.11. The Morgan fingerprint density at radius 1 is 0.964 bits per heavy atom. The van der Waals surface area contributed by atoms with Crippen LogP contribution in [0.3, 0.4) is 0 Å². The van der Waals surface area contributed by atoms with Crippen LogP contribution in [0.15, 0.2) is 77.7 Å². The van der Waals surface area contributed by atoms with E-state index in [4.69, 9.17) is 0 Å². The zero-order valence-electron chi connectivity index (χ0n) is 15.7. The fourth-order valence-corrected chi connectivity index (χ4v) is 4.66. The molecule has 5 heteroatoms. The molecule has 4 aromatic rings. The molecule has 1 heterocycles. The predicted octanol–water partition coefficient (Wildman–Crippen LogP) is 6.72. The number of hydrogen-bond acceptors (Lipinski definition) is 4. The molecule has 0 radical (unpaired) electrons. The van der Waals surface area contributed by atoms with E-state index in [2.05, 4.69) is 30.2 Å². The lowest BCUT2D eigenvalue weighted by molar-refractivity contribution is 0.102. The number of fused-ring (bicyclic) bond motifs is 1. The number of rotatable bonds is 5. The average molecular weight is 405 g/mol. The van der Waals surface area contributed by atoms with E-state index in [0.717, 1.165) is 21.8 Å². The van der Waals surface area contributed by atoms with Crippen molar-refractivity contribution in [3.05, 3.63) is 78.4 Å². The molecule has 0 aliphatic heterocycles. The highest BCUT2D eigenvalue weighted by atomic mass is 32.2. The Labute approximate surface area is 172 Å². The number of aromatic nitrogens is 1. The second kappa shape index (κ2) is 8.17. The van der Waals surface area contributed by atoms with Crippen molar-refractivity contribution in [2.24, 2.45) is 0 Å². The van der Waals surface area contributed by atoms with Crippen LogP contribution in [0.5, 0.6) is 0 Å². The van der Waals surface area contributed by atoms with Crippen LogP contribution >= 0.6 is 23.1 Å². The number of carbonyl (C=O) groups excluding carboxylic acids is 1. The number of para-hydroxylation sites is 1. The second-order valence-electron chi connectivity index (χ2n) is 6.71. The molecule has 0 atom stereocenters. The van der Waals surface area contributed by atoms with Gasteiger partial charge < -0.3 is 5.32 Å². The molecule has 1 amide bonds. The number of nitrogens with zero attached hydrogens (tertiary/aromatic N) is 1. The molecule has 0 bridgehead atoms. The second-order valence-corrected chi connectivity index (χ2v) is 9.39. The molecular formula is C23H20N2OS2. The van der Waals surface area contributed by atoms with Gasteiger partial charge in [0.1, 0.15) is 5.01 Å². The average Bonchev–Trinajstić information content (AvgIpc) is 3.13. The Morgan fingerprint density at radius 3 is 2.36 bits per heavy atom. The zero-order valence-corrected chi connectivity index (χ0v) is 17.3. The van der Waals surface area contributed by atoms with Gasteiger partial charge in [0.15, 0.2) is 0 Å². The maximum atomic E-state index is 12.5. The largest absolute Gasteiger partial charge is 0.322 e. The summed E-state index contributed by atoms with van der Waals surface area (Å²) in [6.07, 6.45) is 0. The first kappa shape index (κ1) is 18.7. The van der Waals surface area contributed by atoms with E-state index in [0.29, 0.717) is 10.8 Å². The molecule has 0 fully saturated rings.